The molecule has 31 heavy (non-hydrogen) atoms. The van der Waals surface area contributed by atoms with E-state index in [-0.39, 0.29) is 30.1 Å². The molecule has 0 aliphatic rings. The normalized spacial score (nSPS) is 12.3. The summed E-state index contributed by atoms with van der Waals surface area (Å²) >= 11 is 13.9. The molecule has 0 aliphatic carbocycles. The molecule has 0 bridgehead atoms. The highest BCUT2D eigenvalue weighted by molar-refractivity contribution is 7.18. The molecule has 0 unspecified atom stereocenters. The van der Waals surface area contributed by atoms with E-state index in [0.29, 0.717) is 32.8 Å². The molecule has 166 valence electrons. The van der Waals surface area contributed by atoms with Crippen LogP contribution >= 0.6 is 34.5 Å². The van der Waals surface area contributed by atoms with Gasteiger partial charge in [0.2, 0.25) is 0 Å². The second kappa shape index (κ2) is 10.6. The zero-order valence-corrected chi connectivity index (χ0v) is 19.3. The monoisotopic (exact) mass is 485 g/mol. The maximum atomic E-state index is 14.5. The van der Waals surface area contributed by atoms with Gasteiger partial charge < -0.3 is 20.3 Å². The molecule has 1 aromatic heterocycles. The van der Waals surface area contributed by atoms with Crippen LogP contribution in [0, 0.1) is 5.82 Å². The van der Waals surface area contributed by atoms with Crippen LogP contribution in [0.2, 0.25) is 10.0 Å². The summed E-state index contributed by atoms with van der Waals surface area (Å²) in [6.07, 6.45) is 0.394. The Morgan fingerprint density at radius 1 is 1.10 bits per heavy atom. The van der Waals surface area contributed by atoms with Crippen molar-refractivity contribution in [3.05, 3.63) is 46.2 Å². The Morgan fingerprint density at radius 2 is 1.84 bits per heavy atom. The molecule has 10 heteroatoms. The molecule has 0 fully saturated rings. The van der Waals surface area contributed by atoms with Crippen LogP contribution in [-0.2, 0) is 0 Å². The van der Waals surface area contributed by atoms with Crippen LogP contribution in [0.5, 0.6) is 11.5 Å². The van der Waals surface area contributed by atoms with E-state index >= 15 is 0 Å². The number of aliphatic hydroxyl groups excluding tert-OH is 1. The topological polar surface area (TPSA) is 90.5 Å². The van der Waals surface area contributed by atoms with Crippen LogP contribution in [0.3, 0.4) is 0 Å². The molecule has 3 N–H and O–H groups in total. The molecule has 3 aromatic rings. The third-order valence-electron chi connectivity index (χ3n) is 4.20. The molecular formula is C21H22Cl2FN3O3S. The highest BCUT2D eigenvalue weighted by atomic mass is 35.5. The second-order valence-electron chi connectivity index (χ2n) is 7.07. The first-order valence-corrected chi connectivity index (χ1v) is 11.1. The molecule has 6 nitrogen and oxygen atoms in total. The zero-order valence-electron chi connectivity index (χ0n) is 16.9. The summed E-state index contributed by atoms with van der Waals surface area (Å²) in [5, 5.41) is 19.1. The molecule has 2 aromatic carbocycles. The largest absolute Gasteiger partial charge is 0.490 e. The number of nitrogens with two attached hydrogens (primary N) is 1. The molecule has 3 rings (SSSR count). The van der Waals surface area contributed by atoms with E-state index in [2.05, 4.69) is 10.2 Å². The van der Waals surface area contributed by atoms with Gasteiger partial charge in [0.1, 0.15) is 15.8 Å². The van der Waals surface area contributed by atoms with Crippen molar-refractivity contribution in [2.24, 2.45) is 5.73 Å². The van der Waals surface area contributed by atoms with Gasteiger partial charge in [-0.15, -0.1) is 10.2 Å². The minimum Gasteiger partial charge on any atom is -0.490 e. The van der Waals surface area contributed by atoms with E-state index in [0.717, 1.165) is 5.56 Å². The standard InChI is InChI=1S/C21H22Cl2FN3O3S/c1-11(2)30-18-4-3-12(7-16(18)23)20-26-27-21(31-20)14-8-17(24)19(9-15(14)22)29-6-5-13(25)10-28/h3-4,7-9,11,13,28H,5-6,10,25H2,1-2H3/t13-/m1/s1. The quantitative estimate of drug-likeness (QED) is 0.433. The molecule has 0 radical (unpaired) electrons. The van der Waals surface area contributed by atoms with Crippen molar-refractivity contribution < 1.29 is 19.0 Å². The molecule has 0 saturated carbocycles. The number of benzene rings is 2. The molecule has 1 atom stereocenters. The highest BCUT2D eigenvalue weighted by Crippen LogP contribution is 2.38. The number of aromatic nitrogens is 2. The van der Waals surface area contributed by atoms with Crippen LogP contribution in [0.15, 0.2) is 30.3 Å². The van der Waals surface area contributed by atoms with Crippen molar-refractivity contribution >= 4 is 34.5 Å². The third kappa shape index (κ3) is 6.05. The molecule has 0 amide bonds. The summed E-state index contributed by atoms with van der Waals surface area (Å²) in [7, 11) is 0. The van der Waals surface area contributed by atoms with Crippen molar-refractivity contribution in [2.75, 3.05) is 13.2 Å². The Kier molecular flexibility index (Phi) is 8.07. The fourth-order valence-corrected chi connectivity index (χ4v) is 4.04. The fourth-order valence-electron chi connectivity index (χ4n) is 2.65. The van der Waals surface area contributed by atoms with E-state index in [4.69, 9.17) is 43.5 Å². The summed E-state index contributed by atoms with van der Waals surface area (Å²) in [5.74, 6) is 0.0221. The van der Waals surface area contributed by atoms with Crippen LogP contribution in [0.1, 0.15) is 20.3 Å². The summed E-state index contributed by atoms with van der Waals surface area (Å²) in [4.78, 5) is 0. The first kappa shape index (κ1) is 23.7. The van der Waals surface area contributed by atoms with Crippen LogP contribution < -0.4 is 15.2 Å². The molecule has 0 spiro atoms. The summed E-state index contributed by atoms with van der Waals surface area (Å²) in [6.45, 7) is 3.84. The summed E-state index contributed by atoms with van der Waals surface area (Å²) in [6, 6.07) is 7.61. The first-order valence-electron chi connectivity index (χ1n) is 9.57. The lowest BCUT2D eigenvalue weighted by atomic mass is 10.2. The van der Waals surface area contributed by atoms with Crippen molar-refractivity contribution in [3.63, 3.8) is 0 Å². The van der Waals surface area contributed by atoms with Gasteiger partial charge in [-0.2, -0.15) is 0 Å². The smallest absolute Gasteiger partial charge is 0.165 e. The van der Waals surface area contributed by atoms with Gasteiger partial charge in [-0.1, -0.05) is 34.5 Å². The van der Waals surface area contributed by atoms with Crippen LogP contribution in [-0.4, -0.2) is 40.7 Å². The minimum absolute atomic E-state index is 0.00637. The number of hydrogen-bond donors (Lipinski definition) is 2. The predicted octanol–water partition coefficient (Wildman–Crippen LogP) is 5.19. The average molecular weight is 486 g/mol. The molecule has 0 saturated heterocycles. The van der Waals surface area contributed by atoms with Crippen molar-refractivity contribution in [1.29, 1.82) is 0 Å². The number of halogens is 3. The van der Waals surface area contributed by atoms with E-state index in [1.807, 2.05) is 19.9 Å². The van der Waals surface area contributed by atoms with Gasteiger partial charge in [0.05, 0.1) is 29.4 Å². The van der Waals surface area contributed by atoms with E-state index in [1.165, 1.54) is 23.5 Å². The lowest BCUT2D eigenvalue weighted by Gasteiger charge is -2.12. The van der Waals surface area contributed by atoms with Crippen LogP contribution in [0.25, 0.3) is 21.1 Å². The maximum Gasteiger partial charge on any atom is 0.165 e. The Bertz CT molecular complexity index is 1050. The Labute approximate surface area is 193 Å². The SMILES string of the molecule is CC(C)Oc1ccc(-c2nnc(-c3cc(F)c(OCC[C@@H](N)CO)cc3Cl)s2)cc1Cl. The fraction of sp³-hybridized carbons (Fsp3) is 0.333. The number of hydrogen-bond acceptors (Lipinski definition) is 7. The third-order valence-corrected chi connectivity index (χ3v) is 5.81. The number of ether oxygens (including phenoxy) is 2. The molecular weight excluding hydrogens is 464 g/mol. The van der Waals surface area contributed by atoms with Crippen LogP contribution in [0.4, 0.5) is 4.39 Å². The lowest BCUT2D eigenvalue weighted by molar-refractivity contribution is 0.227. The van der Waals surface area contributed by atoms with Gasteiger partial charge in [-0.05, 0) is 44.5 Å². The van der Waals surface area contributed by atoms with E-state index in [1.54, 1.807) is 12.1 Å². The average Bonchev–Trinajstić information content (AvgIpc) is 3.21. The Balaban J connectivity index is 1.79. The van der Waals surface area contributed by atoms with Gasteiger partial charge in [-0.25, -0.2) is 4.39 Å². The number of nitrogens with zero attached hydrogens (tertiary/aromatic N) is 2. The molecule has 0 aliphatic heterocycles. The summed E-state index contributed by atoms with van der Waals surface area (Å²) in [5.41, 5.74) is 6.79. The van der Waals surface area contributed by atoms with Crippen molar-refractivity contribution in [2.45, 2.75) is 32.4 Å². The first-order chi connectivity index (χ1) is 14.8. The Hall–Kier alpha value is -1.97. The van der Waals surface area contributed by atoms with Crippen molar-refractivity contribution in [1.82, 2.24) is 10.2 Å². The maximum absolute atomic E-state index is 14.5. The minimum atomic E-state index is -0.577. The predicted molar refractivity (Wildman–Crippen MR) is 122 cm³/mol. The lowest BCUT2D eigenvalue weighted by Crippen LogP contribution is -2.26. The second-order valence-corrected chi connectivity index (χ2v) is 8.86. The zero-order chi connectivity index (χ0) is 22.5. The van der Waals surface area contributed by atoms with Gasteiger partial charge in [0, 0.05) is 23.2 Å². The molecule has 1 heterocycles. The van der Waals surface area contributed by atoms with Crippen molar-refractivity contribution in [3.8, 4) is 32.6 Å². The van der Waals surface area contributed by atoms with Gasteiger partial charge >= 0.3 is 0 Å². The van der Waals surface area contributed by atoms with Gasteiger partial charge in [0.15, 0.2) is 11.6 Å². The summed E-state index contributed by atoms with van der Waals surface area (Å²) < 4.78 is 25.6. The van der Waals surface area contributed by atoms with Gasteiger partial charge in [-0.3, -0.25) is 0 Å². The van der Waals surface area contributed by atoms with Gasteiger partial charge in [0.25, 0.3) is 0 Å². The number of aliphatic hydroxyl groups is 1. The van der Waals surface area contributed by atoms with E-state index in [9.17, 15) is 4.39 Å². The Morgan fingerprint density at radius 3 is 2.52 bits per heavy atom. The number of rotatable bonds is 9. The highest BCUT2D eigenvalue weighted by Gasteiger charge is 2.17. The van der Waals surface area contributed by atoms with E-state index < -0.39 is 11.9 Å².